The van der Waals surface area contributed by atoms with E-state index in [1.165, 1.54) is 0 Å². The molecule has 10 heavy (non-hydrogen) atoms. The predicted octanol–water partition coefficient (Wildman–Crippen LogP) is 0.406. The highest BCUT2D eigenvalue weighted by molar-refractivity contribution is 6.20. The molecular weight excluding hydrogens is 132 g/mol. The zero-order chi connectivity index (χ0) is 7.82. The average Bonchev–Trinajstić information content (AvgIpc) is 1.89. The van der Waals surface area contributed by atoms with E-state index in [0.29, 0.717) is 6.21 Å². The summed E-state index contributed by atoms with van der Waals surface area (Å²) in [6, 6.07) is 0. The van der Waals surface area contributed by atoms with Crippen LogP contribution in [0.2, 0.25) is 0 Å². The van der Waals surface area contributed by atoms with Crippen molar-refractivity contribution in [2.24, 2.45) is 0 Å². The summed E-state index contributed by atoms with van der Waals surface area (Å²) in [6.07, 6.45) is 4.12. The van der Waals surface area contributed by atoms with Crippen LogP contribution in [0.15, 0.2) is 12.2 Å². The van der Waals surface area contributed by atoms with Crippen molar-refractivity contribution >= 4 is 12.2 Å². The number of carbonyl (C=O) groups excluding carboxylic acids is 1. The van der Waals surface area contributed by atoms with Gasteiger partial charge in [-0.2, -0.15) is 4.79 Å². The minimum Gasteiger partial charge on any atom is -0.453 e. The summed E-state index contributed by atoms with van der Waals surface area (Å²) in [5.74, 6) is -0.652. The summed E-state index contributed by atoms with van der Waals surface area (Å²) in [4.78, 5) is 12.8. The Kier molecular flexibility index (Phi) is 4.91. The standard InChI is InChI=1S/C6H8N2O2/c1-2-3-4-10-6(9)5-8-7/h2-3,5H,4H2,1H3. The molecule has 0 aliphatic heterocycles. The zero-order valence-corrected chi connectivity index (χ0v) is 5.65. The third-order valence-corrected chi connectivity index (χ3v) is 0.721. The largest absolute Gasteiger partial charge is 0.453 e. The van der Waals surface area contributed by atoms with Gasteiger partial charge in [-0.1, -0.05) is 12.2 Å². The van der Waals surface area contributed by atoms with E-state index in [-0.39, 0.29) is 6.61 Å². The van der Waals surface area contributed by atoms with E-state index in [1.54, 1.807) is 12.2 Å². The first-order chi connectivity index (χ1) is 4.81. The van der Waals surface area contributed by atoms with Crippen LogP contribution >= 0.6 is 0 Å². The summed E-state index contributed by atoms with van der Waals surface area (Å²) in [5, 5.41) is 0. The van der Waals surface area contributed by atoms with Crippen molar-refractivity contribution in [3.8, 4) is 0 Å². The molecule has 0 bridgehead atoms. The maximum absolute atomic E-state index is 10.4. The molecule has 4 nitrogen and oxygen atoms in total. The van der Waals surface area contributed by atoms with Crippen molar-refractivity contribution in [3.05, 3.63) is 17.7 Å². The van der Waals surface area contributed by atoms with E-state index in [4.69, 9.17) is 5.53 Å². The topological polar surface area (TPSA) is 62.7 Å². The van der Waals surface area contributed by atoms with Gasteiger partial charge in [-0.25, -0.2) is 4.79 Å². The van der Waals surface area contributed by atoms with Gasteiger partial charge in [-0.15, -0.1) is 0 Å². The SMILES string of the molecule is CC=CCOC(=O)C=[N+]=[N-]. The highest BCUT2D eigenvalue weighted by Gasteiger charge is 1.98. The molecule has 0 amide bonds. The molecule has 0 radical (unpaired) electrons. The van der Waals surface area contributed by atoms with Crippen LogP contribution in [0.5, 0.6) is 0 Å². The number of hydrogen-bond donors (Lipinski definition) is 0. The first-order valence-electron chi connectivity index (χ1n) is 2.76. The van der Waals surface area contributed by atoms with E-state index in [2.05, 4.69) is 9.53 Å². The molecule has 0 saturated heterocycles. The van der Waals surface area contributed by atoms with Gasteiger partial charge < -0.3 is 10.3 Å². The summed E-state index contributed by atoms with van der Waals surface area (Å²) in [7, 11) is 0. The number of carbonyl (C=O) groups is 1. The predicted molar refractivity (Wildman–Crippen MR) is 35.5 cm³/mol. The third-order valence-electron chi connectivity index (χ3n) is 0.721. The quantitative estimate of drug-likeness (QED) is 0.187. The normalized spacial score (nSPS) is 8.90. The van der Waals surface area contributed by atoms with Gasteiger partial charge in [-0.05, 0) is 6.92 Å². The van der Waals surface area contributed by atoms with Gasteiger partial charge in [0.1, 0.15) is 6.61 Å². The molecule has 0 unspecified atom stereocenters. The van der Waals surface area contributed by atoms with Crippen LogP contribution in [0.3, 0.4) is 0 Å². The molecule has 0 aromatic rings. The van der Waals surface area contributed by atoms with E-state index in [0.717, 1.165) is 0 Å². The van der Waals surface area contributed by atoms with Gasteiger partial charge in [-0.3, -0.25) is 0 Å². The molecule has 0 spiro atoms. The molecule has 0 aliphatic rings. The lowest BCUT2D eigenvalue weighted by Gasteiger charge is -1.89. The van der Waals surface area contributed by atoms with Gasteiger partial charge >= 0.3 is 12.2 Å². The van der Waals surface area contributed by atoms with Gasteiger partial charge in [0, 0.05) is 0 Å². The van der Waals surface area contributed by atoms with Gasteiger partial charge in [0.25, 0.3) is 0 Å². The van der Waals surface area contributed by atoms with Crippen LogP contribution in [0.25, 0.3) is 5.53 Å². The maximum atomic E-state index is 10.4. The molecule has 0 atom stereocenters. The Morgan fingerprint density at radius 3 is 3.00 bits per heavy atom. The number of rotatable bonds is 3. The van der Waals surface area contributed by atoms with Crippen LogP contribution in [-0.4, -0.2) is 23.6 Å². The minimum absolute atomic E-state index is 0.210. The summed E-state index contributed by atoms with van der Waals surface area (Å²) in [5.41, 5.74) is 7.84. The lowest BCUT2D eigenvalue weighted by molar-refractivity contribution is -0.137. The Bertz CT molecular complexity index is 180. The van der Waals surface area contributed by atoms with Crippen molar-refractivity contribution in [3.63, 3.8) is 0 Å². The molecular formula is C6H8N2O2. The van der Waals surface area contributed by atoms with Crippen molar-refractivity contribution in [2.75, 3.05) is 6.61 Å². The number of ether oxygens (including phenoxy) is 1. The van der Waals surface area contributed by atoms with Crippen LogP contribution < -0.4 is 0 Å². The van der Waals surface area contributed by atoms with Gasteiger partial charge in [0.05, 0.1) is 0 Å². The number of nitrogens with zero attached hydrogens (tertiary/aromatic N) is 2. The van der Waals surface area contributed by atoms with Crippen molar-refractivity contribution in [2.45, 2.75) is 6.92 Å². The summed E-state index contributed by atoms with van der Waals surface area (Å²) < 4.78 is 4.49. The highest BCUT2D eigenvalue weighted by atomic mass is 16.5. The zero-order valence-electron chi connectivity index (χ0n) is 5.65. The highest BCUT2D eigenvalue weighted by Crippen LogP contribution is 1.75. The molecule has 0 N–H and O–H groups in total. The Labute approximate surface area is 58.7 Å². The van der Waals surface area contributed by atoms with Crippen molar-refractivity contribution in [1.82, 2.24) is 0 Å². The Morgan fingerprint density at radius 2 is 2.50 bits per heavy atom. The molecule has 0 aromatic heterocycles. The van der Waals surface area contributed by atoms with Crippen LogP contribution in [-0.2, 0) is 9.53 Å². The van der Waals surface area contributed by atoms with Crippen LogP contribution in [0.1, 0.15) is 6.92 Å². The Balaban J connectivity index is 3.49. The maximum Gasteiger partial charge on any atom is 0.413 e. The number of esters is 1. The fourth-order valence-electron chi connectivity index (χ4n) is 0.311. The Hall–Kier alpha value is -1.41. The molecule has 0 rings (SSSR count). The molecule has 54 valence electrons. The fourth-order valence-corrected chi connectivity index (χ4v) is 0.311. The molecule has 0 aliphatic carbocycles. The second-order valence-corrected chi connectivity index (χ2v) is 1.44. The second kappa shape index (κ2) is 5.72. The molecule has 0 fully saturated rings. The third kappa shape index (κ3) is 4.74. The van der Waals surface area contributed by atoms with E-state index >= 15 is 0 Å². The first kappa shape index (κ1) is 8.59. The minimum atomic E-state index is -0.652. The number of allylic oxidation sites excluding steroid dienone is 1. The van der Waals surface area contributed by atoms with E-state index < -0.39 is 5.97 Å². The Morgan fingerprint density at radius 1 is 1.80 bits per heavy atom. The van der Waals surface area contributed by atoms with Gasteiger partial charge in [0.15, 0.2) is 0 Å². The molecule has 0 saturated carbocycles. The fraction of sp³-hybridized carbons (Fsp3) is 0.333. The van der Waals surface area contributed by atoms with Crippen LogP contribution in [0, 0.1) is 0 Å². The van der Waals surface area contributed by atoms with Crippen molar-refractivity contribution in [1.29, 1.82) is 0 Å². The molecule has 4 heteroatoms. The van der Waals surface area contributed by atoms with Gasteiger partial charge in [0.2, 0.25) is 0 Å². The van der Waals surface area contributed by atoms with Crippen molar-refractivity contribution < 1.29 is 14.3 Å². The van der Waals surface area contributed by atoms with E-state index in [1.807, 2.05) is 6.92 Å². The molecule has 0 heterocycles. The van der Waals surface area contributed by atoms with E-state index in [9.17, 15) is 4.79 Å². The first-order valence-corrected chi connectivity index (χ1v) is 2.76. The monoisotopic (exact) mass is 140 g/mol. The number of hydrogen-bond acceptors (Lipinski definition) is 2. The lowest BCUT2D eigenvalue weighted by Crippen LogP contribution is -2.05. The smallest absolute Gasteiger partial charge is 0.413 e. The summed E-state index contributed by atoms with van der Waals surface area (Å²) >= 11 is 0. The second-order valence-electron chi connectivity index (χ2n) is 1.44. The molecule has 0 aromatic carbocycles. The summed E-state index contributed by atoms with van der Waals surface area (Å²) in [6.45, 7) is 2.02. The lowest BCUT2D eigenvalue weighted by atomic mass is 10.5. The average molecular weight is 140 g/mol. The van der Waals surface area contributed by atoms with Crippen LogP contribution in [0.4, 0.5) is 0 Å².